The van der Waals surface area contributed by atoms with E-state index in [1.807, 2.05) is 18.2 Å². The Morgan fingerprint density at radius 1 is 1.30 bits per heavy atom. The van der Waals surface area contributed by atoms with Gasteiger partial charge in [0.1, 0.15) is 5.75 Å². The lowest BCUT2D eigenvalue weighted by Crippen LogP contribution is -2.56. The molecule has 0 amide bonds. The molecule has 0 aliphatic carbocycles. The van der Waals surface area contributed by atoms with Gasteiger partial charge in [0.15, 0.2) is 5.96 Å². The van der Waals surface area contributed by atoms with Gasteiger partial charge < -0.3 is 20.1 Å². The van der Waals surface area contributed by atoms with Crippen molar-refractivity contribution >= 4 is 41.5 Å². The highest BCUT2D eigenvalue weighted by atomic mass is 127. The summed E-state index contributed by atoms with van der Waals surface area (Å²) in [5, 5.41) is 7.51. The van der Waals surface area contributed by atoms with Crippen molar-refractivity contribution in [3.05, 3.63) is 28.8 Å². The average Bonchev–Trinajstić information content (AvgIpc) is 2.66. The minimum Gasteiger partial charge on any atom is -0.497 e. The van der Waals surface area contributed by atoms with Crippen LogP contribution < -0.4 is 15.4 Å². The van der Waals surface area contributed by atoms with Crippen LogP contribution in [0, 0.1) is 0 Å². The summed E-state index contributed by atoms with van der Waals surface area (Å²) in [5.41, 5.74) is 1.13. The molecule has 154 valence electrons. The van der Waals surface area contributed by atoms with Gasteiger partial charge in [-0.1, -0.05) is 17.7 Å². The van der Waals surface area contributed by atoms with Crippen LogP contribution in [-0.2, 0) is 11.2 Å². The zero-order chi connectivity index (χ0) is 19.0. The van der Waals surface area contributed by atoms with Gasteiger partial charge in [0.05, 0.1) is 20.3 Å². The molecule has 1 aliphatic heterocycles. The van der Waals surface area contributed by atoms with Crippen molar-refractivity contribution in [2.24, 2.45) is 4.99 Å². The van der Waals surface area contributed by atoms with Gasteiger partial charge in [-0.2, -0.15) is 0 Å². The normalized spacial score (nSPS) is 15.8. The Morgan fingerprint density at radius 2 is 2.00 bits per heavy atom. The molecule has 0 saturated carbocycles. The minimum atomic E-state index is 0. The molecule has 0 aromatic heterocycles. The Balaban J connectivity index is 0.00000364. The smallest absolute Gasteiger partial charge is 0.191 e. The van der Waals surface area contributed by atoms with Gasteiger partial charge in [-0.05, 0) is 38.0 Å². The number of guanidine groups is 1. The van der Waals surface area contributed by atoms with E-state index in [0.29, 0.717) is 0 Å². The largest absolute Gasteiger partial charge is 0.497 e. The molecule has 1 fully saturated rings. The van der Waals surface area contributed by atoms with E-state index < -0.39 is 0 Å². The van der Waals surface area contributed by atoms with Crippen LogP contribution in [0.2, 0.25) is 5.02 Å². The molecule has 6 nitrogen and oxygen atoms in total. The van der Waals surface area contributed by atoms with Gasteiger partial charge in [0, 0.05) is 43.8 Å². The van der Waals surface area contributed by atoms with E-state index in [1.54, 1.807) is 14.2 Å². The van der Waals surface area contributed by atoms with Crippen molar-refractivity contribution in [1.29, 1.82) is 0 Å². The van der Waals surface area contributed by atoms with Crippen LogP contribution in [0.4, 0.5) is 0 Å². The van der Waals surface area contributed by atoms with Gasteiger partial charge in [-0.25, -0.2) is 0 Å². The van der Waals surface area contributed by atoms with E-state index >= 15 is 0 Å². The van der Waals surface area contributed by atoms with E-state index in [-0.39, 0.29) is 29.5 Å². The highest BCUT2D eigenvalue weighted by molar-refractivity contribution is 14.0. The highest BCUT2D eigenvalue weighted by Gasteiger charge is 2.28. The molecule has 0 spiro atoms. The monoisotopic (exact) mass is 510 g/mol. The van der Waals surface area contributed by atoms with E-state index in [1.165, 1.54) is 0 Å². The molecule has 1 aromatic rings. The SMILES string of the molecule is CN=C(NCCc1ccc(OC)cc1Cl)NCC(C)(C)N1CCOCC1.I. The predicted octanol–water partition coefficient (Wildman–Crippen LogP) is 2.78. The average molecular weight is 511 g/mol. The molecule has 2 N–H and O–H groups in total. The van der Waals surface area contributed by atoms with Gasteiger partial charge >= 0.3 is 0 Å². The molecule has 0 atom stereocenters. The molecule has 0 unspecified atom stereocenters. The second kappa shape index (κ2) is 11.9. The number of ether oxygens (including phenoxy) is 2. The molecule has 1 aromatic carbocycles. The van der Waals surface area contributed by atoms with Gasteiger partial charge in [-0.3, -0.25) is 9.89 Å². The third-order valence-corrected chi connectivity index (χ3v) is 5.08. The topological polar surface area (TPSA) is 58.1 Å². The van der Waals surface area contributed by atoms with Crippen LogP contribution in [0.1, 0.15) is 19.4 Å². The highest BCUT2D eigenvalue weighted by Crippen LogP contribution is 2.22. The first-order chi connectivity index (χ1) is 12.5. The molecule has 8 heteroatoms. The molecule has 2 rings (SSSR count). The number of benzene rings is 1. The Bertz CT molecular complexity index is 607. The lowest BCUT2D eigenvalue weighted by Gasteiger charge is -2.41. The third kappa shape index (κ3) is 7.63. The van der Waals surface area contributed by atoms with E-state index in [0.717, 1.165) is 68.1 Å². The summed E-state index contributed by atoms with van der Waals surface area (Å²) in [6.07, 6.45) is 0.816. The van der Waals surface area contributed by atoms with Gasteiger partial charge in [0.2, 0.25) is 0 Å². The summed E-state index contributed by atoms with van der Waals surface area (Å²) < 4.78 is 10.6. The standard InChI is InChI=1S/C19H31ClN4O2.HI/c1-19(2,24-9-11-26-12-10-24)14-23-18(21-3)22-8-7-15-5-6-16(25-4)13-17(15)20;/h5-6,13H,7-12,14H2,1-4H3,(H2,21,22,23);1H. The fourth-order valence-electron chi connectivity index (χ4n) is 2.97. The van der Waals surface area contributed by atoms with Crippen molar-refractivity contribution in [2.75, 3.05) is 53.6 Å². The third-order valence-electron chi connectivity index (χ3n) is 4.73. The molecule has 1 saturated heterocycles. The van der Waals surface area contributed by atoms with Crippen molar-refractivity contribution in [3.63, 3.8) is 0 Å². The Morgan fingerprint density at radius 3 is 2.59 bits per heavy atom. The zero-order valence-electron chi connectivity index (χ0n) is 16.7. The lowest BCUT2D eigenvalue weighted by atomic mass is 10.0. The summed E-state index contributed by atoms with van der Waals surface area (Å²) >= 11 is 6.29. The number of aliphatic imine (C=N–C) groups is 1. The number of nitrogens with zero attached hydrogens (tertiary/aromatic N) is 2. The Labute approximate surface area is 185 Å². The number of hydrogen-bond donors (Lipinski definition) is 2. The number of methoxy groups -OCH3 is 1. The number of halogens is 2. The fourth-order valence-corrected chi connectivity index (χ4v) is 3.24. The van der Waals surface area contributed by atoms with Crippen molar-refractivity contribution in [3.8, 4) is 5.75 Å². The summed E-state index contributed by atoms with van der Waals surface area (Å²) in [6, 6.07) is 5.77. The minimum absolute atomic E-state index is 0. The molecule has 1 aliphatic rings. The predicted molar refractivity (Wildman–Crippen MR) is 123 cm³/mol. The zero-order valence-corrected chi connectivity index (χ0v) is 19.8. The molecular formula is C19H32ClIN4O2. The summed E-state index contributed by atoms with van der Waals surface area (Å²) in [6.45, 7) is 9.61. The maximum atomic E-state index is 6.29. The van der Waals surface area contributed by atoms with Crippen molar-refractivity contribution in [2.45, 2.75) is 25.8 Å². The summed E-state index contributed by atoms with van der Waals surface area (Å²) in [5.74, 6) is 1.57. The molecular weight excluding hydrogens is 479 g/mol. The molecule has 0 bridgehead atoms. The lowest BCUT2D eigenvalue weighted by molar-refractivity contribution is -0.00833. The van der Waals surface area contributed by atoms with Crippen LogP contribution in [0.15, 0.2) is 23.2 Å². The fraction of sp³-hybridized carbons (Fsp3) is 0.632. The summed E-state index contributed by atoms with van der Waals surface area (Å²) in [4.78, 5) is 6.77. The van der Waals surface area contributed by atoms with E-state index in [9.17, 15) is 0 Å². The number of hydrogen-bond acceptors (Lipinski definition) is 4. The van der Waals surface area contributed by atoms with E-state index in [2.05, 4.69) is 34.4 Å². The van der Waals surface area contributed by atoms with Crippen LogP contribution in [0.3, 0.4) is 0 Å². The van der Waals surface area contributed by atoms with Crippen molar-refractivity contribution in [1.82, 2.24) is 15.5 Å². The van der Waals surface area contributed by atoms with Crippen LogP contribution in [0.25, 0.3) is 0 Å². The van der Waals surface area contributed by atoms with Crippen LogP contribution in [0.5, 0.6) is 5.75 Å². The molecule has 1 heterocycles. The maximum absolute atomic E-state index is 6.29. The second-order valence-electron chi connectivity index (χ2n) is 6.97. The van der Waals surface area contributed by atoms with Crippen molar-refractivity contribution < 1.29 is 9.47 Å². The van der Waals surface area contributed by atoms with Crippen LogP contribution >= 0.6 is 35.6 Å². The number of rotatable bonds is 7. The molecule has 27 heavy (non-hydrogen) atoms. The number of morpholine rings is 1. The first-order valence-corrected chi connectivity index (χ1v) is 9.44. The van der Waals surface area contributed by atoms with E-state index in [4.69, 9.17) is 21.1 Å². The Kier molecular flexibility index (Phi) is 10.7. The Hall–Kier alpha value is -0.770. The van der Waals surface area contributed by atoms with Gasteiger partial charge in [-0.15, -0.1) is 24.0 Å². The quantitative estimate of drug-likeness (QED) is 0.336. The molecule has 0 radical (unpaired) electrons. The summed E-state index contributed by atoms with van der Waals surface area (Å²) in [7, 11) is 3.43. The maximum Gasteiger partial charge on any atom is 0.191 e. The first kappa shape index (κ1) is 24.3. The first-order valence-electron chi connectivity index (χ1n) is 9.06. The van der Waals surface area contributed by atoms with Crippen LogP contribution in [-0.4, -0.2) is 69.9 Å². The van der Waals surface area contributed by atoms with Gasteiger partial charge in [0.25, 0.3) is 0 Å². The number of nitrogens with one attached hydrogen (secondary N) is 2. The second-order valence-corrected chi connectivity index (χ2v) is 7.38.